The number of carbonyl (C=O) groups is 1. The van der Waals surface area contributed by atoms with Crippen molar-refractivity contribution in [2.75, 3.05) is 0 Å². The first-order valence-corrected chi connectivity index (χ1v) is 6.52. The standard InChI is InChI=1S/C16H26O2/c1-14(2,3)12(17)9-11-10-13(15(4,5)6)18-16(11,7)8/h9-10H,1-8H3/b11-9+. The van der Waals surface area contributed by atoms with Crippen LogP contribution in [0.4, 0.5) is 0 Å². The van der Waals surface area contributed by atoms with Crippen LogP contribution in [0.15, 0.2) is 23.5 Å². The van der Waals surface area contributed by atoms with Gasteiger partial charge < -0.3 is 4.74 Å². The van der Waals surface area contributed by atoms with Crippen molar-refractivity contribution in [1.29, 1.82) is 0 Å². The van der Waals surface area contributed by atoms with Crippen molar-refractivity contribution in [2.45, 2.75) is 61.0 Å². The lowest BCUT2D eigenvalue weighted by molar-refractivity contribution is -0.121. The van der Waals surface area contributed by atoms with Crippen molar-refractivity contribution in [3.05, 3.63) is 23.5 Å². The van der Waals surface area contributed by atoms with Crippen LogP contribution < -0.4 is 0 Å². The van der Waals surface area contributed by atoms with Gasteiger partial charge in [-0.1, -0.05) is 41.5 Å². The largest absolute Gasteiger partial charge is 0.487 e. The molecule has 2 nitrogen and oxygen atoms in total. The summed E-state index contributed by atoms with van der Waals surface area (Å²) in [6.45, 7) is 16.2. The predicted molar refractivity (Wildman–Crippen MR) is 75.2 cm³/mol. The van der Waals surface area contributed by atoms with Gasteiger partial charge in [-0.3, -0.25) is 4.79 Å². The topological polar surface area (TPSA) is 26.3 Å². The molecule has 1 heterocycles. The maximum atomic E-state index is 12.1. The molecule has 0 unspecified atom stereocenters. The molecule has 0 amide bonds. The van der Waals surface area contributed by atoms with Gasteiger partial charge in [0.05, 0.1) is 0 Å². The van der Waals surface area contributed by atoms with Crippen molar-refractivity contribution in [1.82, 2.24) is 0 Å². The van der Waals surface area contributed by atoms with Gasteiger partial charge in [-0.25, -0.2) is 0 Å². The van der Waals surface area contributed by atoms with Gasteiger partial charge in [0.25, 0.3) is 0 Å². The Labute approximate surface area is 111 Å². The molecule has 0 spiro atoms. The van der Waals surface area contributed by atoms with Gasteiger partial charge in [-0.2, -0.15) is 0 Å². The van der Waals surface area contributed by atoms with Crippen molar-refractivity contribution in [2.24, 2.45) is 10.8 Å². The summed E-state index contributed by atoms with van der Waals surface area (Å²) in [5.74, 6) is 1.08. The summed E-state index contributed by atoms with van der Waals surface area (Å²) in [6.07, 6.45) is 3.75. The monoisotopic (exact) mass is 250 g/mol. The zero-order chi connectivity index (χ0) is 14.4. The van der Waals surface area contributed by atoms with Crippen molar-refractivity contribution >= 4 is 5.78 Å². The van der Waals surface area contributed by atoms with E-state index in [0.29, 0.717) is 0 Å². The van der Waals surface area contributed by atoms with Gasteiger partial charge in [-0.15, -0.1) is 0 Å². The number of allylic oxidation sites excluding steroid dienone is 2. The van der Waals surface area contributed by atoms with Gasteiger partial charge >= 0.3 is 0 Å². The minimum Gasteiger partial charge on any atom is -0.487 e. The lowest BCUT2D eigenvalue weighted by Crippen LogP contribution is -2.25. The Kier molecular flexibility index (Phi) is 3.55. The fourth-order valence-corrected chi connectivity index (χ4v) is 1.62. The second-order valence-corrected chi connectivity index (χ2v) is 7.58. The van der Waals surface area contributed by atoms with E-state index in [-0.39, 0.29) is 16.6 Å². The van der Waals surface area contributed by atoms with Crippen LogP contribution in [-0.4, -0.2) is 11.4 Å². The quantitative estimate of drug-likeness (QED) is 0.650. The Hall–Kier alpha value is -1.05. The Morgan fingerprint density at radius 1 is 1.17 bits per heavy atom. The van der Waals surface area contributed by atoms with Gasteiger partial charge in [0, 0.05) is 16.4 Å². The molecule has 0 saturated carbocycles. The van der Waals surface area contributed by atoms with Gasteiger partial charge in [0.1, 0.15) is 11.4 Å². The summed E-state index contributed by atoms with van der Waals surface area (Å²) in [4.78, 5) is 12.1. The highest BCUT2D eigenvalue weighted by molar-refractivity contribution is 5.95. The van der Waals surface area contributed by atoms with Crippen LogP contribution >= 0.6 is 0 Å². The summed E-state index contributed by atoms with van der Waals surface area (Å²) in [6, 6.07) is 0. The highest BCUT2D eigenvalue weighted by atomic mass is 16.5. The summed E-state index contributed by atoms with van der Waals surface area (Å²) >= 11 is 0. The van der Waals surface area contributed by atoms with Crippen LogP contribution in [0.1, 0.15) is 55.4 Å². The first-order valence-electron chi connectivity index (χ1n) is 6.52. The maximum absolute atomic E-state index is 12.1. The van der Waals surface area contributed by atoms with E-state index in [2.05, 4.69) is 20.8 Å². The Morgan fingerprint density at radius 3 is 2.00 bits per heavy atom. The highest BCUT2D eigenvalue weighted by Gasteiger charge is 2.37. The lowest BCUT2D eigenvalue weighted by Gasteiger charge is -2.27. The third kappa shape index (κ3) is 3.24. The Balaban J connectivity index is 3.12. The summed E-state index contributed by atoms with van der Waals surface area (Å²) in [5, 5.41) is 0. The zero-order valence-electron chi connectivity index (χ0n) is 13.0. The molecule has 0 radical (unpaired) electrons. The number of carbonyl (C=O) groups excluding carboxylic acids is 1. The number of hydrogen-bond acceptors (Lipinski definition) is 2. The molecule has 0 fully saturated rings. The van der Waals surface area contributed by atoms with E-state index >= 15 is 0 Å². The van der Waals surface area contributed by atoms with Crippen LogP contribution in [0.5, 0.6) is 0 Å². The van der Waals surface area contributed by atoms with Crippen LogP contribution in [0, 0.1) is 10.8 Å². The van der Waals surface area contributed by atoms with E-state index in [1.807, 2.05) is 40.7 Å². The summed E-state index contributed by atoms with van der Waals surface area (Å²) in [5.41, 5.74) is 0.176. The van der Waals surface area contributed by atoms with E-state index in [9.17, 15) is 4.79 Å². The predicted octanol–water partition coefficient (Wildman–Crippen LogP) is 4.27. The smallest absolute Gasteiger partial charge is 0.161 e. The van der Waals surface area contributed by atoms with Crippen LogP contribution in [-0.2, 0) is 9.53 Å². The average Bonchev–Trinajstić information content (AvgIpc) is 2.39. The lowest BCUT2D eigenvalue weighted by atomic mass is 9.87. The highest BCUT2D eigenvalue weighted by Crippen LogP contribution is 2.41. The molecule has 0 bridgehead atoms. The van der Waals surface area contributed by atoms with Crippen LogP contribution in [0.25, 0.3) is 0 Å². The molecule has 0 N–H and O–H groups in total. The third-order valence-corrected chi connectivity index (χ3v) is 3.11. The third-order valence-electron chi connectivity index (χ3n) is 3.11. The molecular formula is C16H26O2. The molecule has 1 rings (SSSR count). The molecule has 2 heteroatoms. The van der Waals surface area contributed by atoms with E-state index < -0.39 is 5.60 Å². The van der Waals surface area contributed by atoms with Gasteiger partial charge in [0.2, 0.25) is 0 Å². The van der Waals surface area contributed by atoms with E-state index in [0.717, 1.165) is 11.3 Å². The minimum absolute atomic E-state index is 0.0301. The van der Waals surface area contributed by atoms with Gasteiger partial charge in [-0.05, 0) is 26.0 Å². The first kappa shape index (κ1) is 15.0. The molecule has 0 atom stereocenters. The molecule has 1 aliphatic heterocycles. The molecular weight excluding hydrogens is 224 g/mol. The van der Waals surface area contributed by atoms with E-state index in [4.69, 9.17) is 4.74 Å². The maximum Gasteiger partial charge on any atom is 0.161 e. The molecule has 18 heavy (non-hydrogen) atoms. The Morgan fingerprint density at radius 2 is 1.67 bits per heavy atom. The van der Waals surface area contributed by atoms with Crippen LogP contribution in [0.2, 0.25) is 0 Å². The van der Waals surface area contributed by atoms with Crippen molar-refractivity contribution in [3.8, 4) is 0 Å². The van der Waals surface area contributed by atoms with E-state index in [1.54, 1.807) is 6.08 Å². The molecule has 0 saturated heterocycles. The molecule has 102 valence electrons. The second-order valence-electron chi connectivity index (χ2n) is 7.58. The molecule has 0 aromatic carbocycles. The number of ether oxygens (including phenoxy) is 1. The SMILES string of the molecule is CC(C)(C)C(=O)/C=C1\C=C(C(C)(C)C)OC1(C)C. The number of ketones is 1. The number of hydrogen-bond donors (Lipinski definition) is 0. The summed E-state index contributed by atoms with van der Waals surface area (Å²) < 4.78 is 5.98. The van der Waals surface area contributed by atoms with Gasteiger partial charge in [0.15, 0.2) is 5.78 Å². The molecule has 0 aliphatic carbocycles. The van der Waals surface area contributed by atoms with E-state index in [1.165, 1.54) is 0 Å². The van der Waals surface area contributed by atoms with Crippen molar-refractivity contribution in [3.63, 3.8) is 0 Å². The molecule has 1 aliphatic rings. The second kappa shape index (κ2) is 4.25. The zero-order valence-corrected chi connectivity index (χ0v) is 13.0. The first-order chi connectivity index (χ1) is 7.84. The number of rotatable bonds is 1. The Bertz CT molecular complexity index is 409. The fourth-order valence-electron chi connectivity index (χ4n) is 1.62. The average molecular weight is 250 g/mol. The summed E-state index contributed by atoms with van der Waals surface area (Å²) in [7, 11) is 0. The minimum atomic E-state index is -0.413. The normalized spacial score (nSPS) is 21.8. The van der Waals surface area contributed by atoms with Crippen LogP contribution in [0.3, 0.4) is 0 Å². The molecule has 0 aromatic heterocycles. The van der Waals surface area contributed by atoms with Crippen molar-refractivity contribution < 1.29 is 9.53 Å². The fraction of sp³-hybridized carbons (Fsp3) is 0.688. The molecule has 0 aromatic rings.